The highest BCUT2D eigenvalue weighted by Gasteiger charge is 2.03. The Bertz CT molecular complexity index is 599. The highest BCUT2D eigenvalue weighted by atomic mass is 32.2. The first-order valence-electron chi connectivity index (χ1n) is 6.94. The molecular formula is C17H20N2OS. The van der Waals surface area contributed by atoms with Gasteiger partial charge in [-0.3, -0.25) is 4.79 Å². The van der Waals surface area contributed by atoms with E-state index in [1.165, 1.54) is 17.3 Å². The van der Waals surface area contributed by atoms with E-state index in [0.717, 1.165) is 22.6 Å². The van der Waals surface area contributed by atoms with E-state index in [2.05, 4.69) is 17.4 Å². The third-order valence-corrected chi connectivity index (χ3v) is 4.18. The van der Waals surface area contributed by atoms with Crippen LogP contribution in [-0.2, 0) is 11.2 Å². The van der Waals surface area contributed by atoms with Gasteiger partial charge < -0.3 is 11.1 Å². The summed E-state index contributed by atoms with van der Waals surface area (Å²) in [6, 6.07) is 16.0. The number of rotatable bonds is 6. The van der Waals surface area contributed by atoms with Crippen LogP contribution in [0.4, 0.5) is 5.69 Å². The number of hydrogen-bond donors (Lipinski definition) is 2. The van der Waals surface area contributed by atoms with Gasteiger partial charge in [0.2, 0.25) is 5.91 Å². The molecule has 0 heterocycles. The number of carbonyl (C=O) groups is 1. The first kappa shape index (κ1) is 15.4. The number of hydrogen-bond acceptors (Lipinski definition) is 3. The molecule has 2 aromatic rings. The molecule has 0 saturated carbocycles. The Balaban J connectivity index is 1.71. The largest absolute Gasteiger partial charge is 0.399 e. The van der Waals surface area contributed by atoms with Gasteiger partial charge in [0.05, 0.1) is 5.75 Å². The van der Waals surface area contributed by atoms with Gasteiger partial charge in [0.25, 0.3) is 0 Å². The predicted molar refractivity (Wildman–Crippen MR) is 89.5 cm³/mol. The second kappa shape index (κ2) is 7.74. The fourth-order valence-corrected chi connectivity index (χ4v) is 2.75. The number of thioether (sulfide) groups is 1. The van der Waals surface area contributed by atoms with Crippen molar-refractivity contribution in [3.8, 4) is 0 Å². The summed E-state index contributed by atoms with van der Waals surface area (Å²) in [7, 11) is 0. The van der Waals surface area contributed by atoms with Crippen molar-refractivity contribution >= 4 is 23.4 Å². The molecule has 0 radical (unpaired) electrons. The Morgan fingerprint density at radius 1 is 1.19 bits per heavy atom. The summed E-state index contributed by atoms with van der Waals surface area (Å²) < 4.78 is 0. The van der Waals surface area contributed by atoms with Crippen molar-refractivity contribution in [2.75, 3.05) is 18.0 Å². The molecule has 0 bridgehead atoms. The molecule has 2 aromatic carbocycles. The van der Waals surface area contributed by atoms with Gasteiger partial charge in [-0.15, -0.1) is 11.8 Å². The topological polar surface area (TPSA) is 55.1 Å². The molecule has 0 aromatic heterocycles. The van der Waals surface area contributed by atoms with Gasteiger partial charge >= 0.3 is 0 Å². The van der Waals surface area contributed by atoms with Crippen LogP contribution in [0.15, 0.2) is 53.4 Å². The second-order valence-electron chi connectivity index (χ2n) is 4.89. The number of amides is 1. The zero-order valence-corrected chi connectivity index (χ0v) is 13.0. The second-order valence-corrected chi connectivity index (χ2v) is 5.94. The standard InChI is InChI=1S/C17H20N2OS/c1-13-11-15(7-8-16(13)18)21-12-17(20)19-10-9-14-5-3-2-4-6-14/h2-8,11H,9-10,12,18H2,1H3,(H,19,20). The lowest BCUT2D eigenvalue weighted by molar-refractivity contribution is -0.118. The van der Waals surface area contributed by atoms with Crippen molar-refractivity contribution in [1.29, 1.82) is 0 Å². The minimum absolute atomic E-state index is 0.0606. The predicted octanol–water partition coefficient (Wildman–Crippen LogP) is 3.03. The molecule has 0 aliphatic heterocycles. The minimum atomic E-state index is 0.0606. The molecule has 0 saturated heterocycles. The number of nitrogens with one attached hydrogen (secondary N) is 1. The zero-order valence-electron chi connectivity index (χ0n) is 12.1. The lowest BCUT2D eigenvalue weighted by Gasteiger charge is -2.07. The first-order chi connectivity index (χ1) is 10.1. The smallest absolute Gasteiger partial charge is 0.230 e. The molecule has 110 valence electrons. The molecule has 0 aliphatic carbocycles. The Labute approximate surface area is 129 Å². The summed E-state index contributed by atoms with van der Waals surface area (Å²) in [4.78, 5) is 12.9. The highest BCUT2D eigenvalue weighted by molar-refractivity contribution is 8.00. The van der Waals surface area contributed by atoms with Crippen LogP contribution in [0.5, 0.6) is 0 Å². The van der Waals surface area contributed by atoms with Crippen molar-refractivity contribution in [3.05, 3.63) is 59.7 Å². The molecule has 3 N–H and O–H groups in total. The fourth-order valence-electron chi connectivity index (χ4n) is 1.93. The van der Waals surface area contributed by atoms with E-state index in [-0.39, 0.29) is 5.91 Å². The van der Waals surface area contributed by atoms with Crippen LogP contribution in [0.3, 0.4) is 0 Å². The quantitative estimate of drug-likeness (QED) is 0.637. The fraction of sp³-hybridized carbons (Fsp3) is 0.235. The molecule has 21 heavy (non-hydrogen) atoms. The molecule has 2 rings (SSSR count). The summed E-state index contributed by atoms with van der Waals surface area (Å²) >= 11 is 1.53. The third kappa shape index (κ3) is 5.16. The normalized spacial score (nSPS) is 10.3. The average molecular weight is 300 g/mol. The lowest BCUT2D eigenvalue weighted by Crippen LogP contribution is -2.27. The van der Waals surface area contributed by atoms with Crippen molar-refractivity contribution in [1.82, 2.24) is 5.32 Å². The van der Waals surface area contributed by atoms with E-state index in [1.54, 1.807) is 0 Å². The SMILES string of the molecule is Cc1cc(SCC(=O)NCCc2ccccc2)ccc1N. The Hall–Kier alpha value is -1.94. The Morgan fingerprint density at radius 2 is 1.95 bits per heavy atom. The number of nitrogens with two attached hydrogens (primary N) is 1. The Kier molecular flexibility index (Phi) is 5.69. The number of anilines is 1. The van der Waals surface area contributed by atoms with Crippen LogP contribution in [0, 0.1) is 6.92 Å². The molecular weight excluding hydrogens is 280 g/mol. The third-order valence-electron chi connectivity index (χ3n) is 3.19. The van der Waals surface area contributed by atoms with Crippen LogP contribution in [-0.4, -0.2) is 18.2 Å². The number of benzene rings is 2. The summed E-state index contributed by atoms with van der Waals surface area (Å²) in [6.07, 6.45) is 0.859. The molecule has 0 fully saturated rings. The van der Waals surface area contributed by atoms with Gasteiger partial charge in [0, 0.05) is 17.1 Å². The molecule has 4 heteroatoms. The van der Waals surface area contributed by atoms with Gasteiger partial charge in [0.15, 0.2) is 0 Å². The summed E-state index contributed by atoms with van der Waals surface area (Å²) in [5.74, 6) is 0.489. The van der Waals surface area contributed by atoms with Crippen LogP contribution in [0.2, 0.25) is 0 Å². The van der Waals surface area contributed by atoms with E-state index in [4.69, 9.17) is 5.73 Å². The molecule has 0 aliphatic rings. The van der Waals surface area contributed by atoms with Gasteiger partial charge in [0.1, 0.15) is 0 Å². The number of aryl methyl sites for hydroxylation is 1. The van der Waals surface area contributed by atoms with Crippen molar-refractivity contribution in [2.24, 2.45) is 0 Å². The van der Waals surface area contributed by atoms with E-state index in [0.29, 0.717) is 12.3 Å². The number of nitrogen functional groups attached to an aromatic ring is 1. The molecule has 0 atom stereocenters. The van der Waals surface area contributed by atoms with Gasteiger partial charge in [-0.25, -0.2) is 0 Å². The number of carbonyl (C=O) groups excluding carboxylic acids is 1. The van der Waals surface area contributed by atoms with Crippen LogP contribution in [0.1, 0.15) is 11.1 Å². The molecule has 0 spiro atoms. The van der Waals surface area contributed by atoms with Gasteiger partial charge in [-0.05, 0) is 42.7 Å². The van der Waals surface area contributed by atoms with Crippen LogP contribution in [0.25, 0.3) is 0 Å². The average Bonchev–Trinajstić information content (AvgIpc) is 2.49. The van der Waals surface area contributed by atoms with E-state index < -0.39 is 0 Å². The zero-order chi connectivity index (χ0) is 15.1. The van der Waals surface area contributed by atoms with Crippen molar-refractivity contribution < 1.29 is 4.79 Å². The maximum Gasteiger partial charge on any atom is 0.230 e. The maximum atomic E-state index is 11.8. The molecule has 3 nitrogen and oxygen atoms in total. The Morgan fingerprint density at radius 3 is 2.67 bits per heavy atom. The molecule has 0 unspecified atom stereocenters. The first-order valence-corrected chi connectivity index (χ1v) is 7.93. The lowest BCUT2D eigenvalue weighted by atomic mass is 10.1. The van der Waals surface area contributed by atoms with E-state index in [1.807, 2.05) is 43.3 Å². The van der Waals surface area contributed by atoms with E-state index in [9.17, 15) is 4.79 Å². The summed E-state index contributed by atoms with van der Waals surface area (Å²) in [5, 5.41) is 2.94. The minimum Gasteiger partial charge on any atom is -0.399 e. The van der Waals surface area contributed by atoms with Crippen LogP contribution < -0.4 is 11.1 Å². The van der Waals surface area contributed by atoms with Crippen molar-refractivity contribution in [3.63, 3.8) is 0 Å². The van der Waals surface area contributed by atoms with Crippen molar-refractivity contribution in [2.45, 2.75) is 18.2 Å². The summed E-state index contributed by atoms with van der Waals surface area (Å²) in [6.45, 7) is 2.64. The summed E-state index contributed by atoms with van der Waals surface area (Å²) in [5.41, 5.74) is 8.84. The highest BCUT2D eigenvalue weighted by Crippen LogP contribution is 2.22. The maximum absolute atomic E-state index is 11.8. The molecule has 1 amide bonds. The van der Waals surface area contributed by atoms with Gasteiger partial charge in [-0.2, -0.15) is 0 Å². The van der Waals surface area contributed by atoms with Crippen LogP contribution >= 0.6 is 11.8 Å². The monoisotopic (exact) mass is 300 g/mol. The van der Waals surface area contributed by atoms with E-state index >= 15 is 0 Å². The van der Waals surface area contributed by atoms with Gasteiger partial charge in [-0.1, -0.05) is 30.3 Å².